The van der Waals surface area contributed by atoms with Gasteiger partial charge in [0.25, 0.3) is 0 Å². The summed E-state index contributed by atoms with van der Waals surface area (Å²) in [5.74, 6) is 0.165. The molecule has 0 spiro atoms. The lowest BCUT2D eigenvalue weighted by atomic mass is 9.93. The van der Waals surface area contributed by atoms with Crippen LogP contribution in [0, 0.1) is 5.92 Å². The zero-order chi connectivity index (χ0) is 13.1. The van der Waals surface area contributed by atoms with Crippen LogP contribution in [-0.2, 0) is 4.79 Å². The number of anilines is 2. The Balaban J connectivity index is 2.26. The molecule has 0 radical (unpaired) electrons. The molecule has 1 aromatic rings. The fourth-order valence-electron chi connectivity index (χ4n) is 2.35. The Kier molecular flexibility index (Phi) is 3.92. The molecule has 1 saturated heterocycles. The van der Waals surface area contributed by atoms with Gasteiger partial charge in [0.05, 0.1) is 10.7 Å². The van der Waals surface area contributed by atoms with Crippen molar-refractivity contribution in [2.24, 2.45) is 5.92 Å². The molecule has 0 aliphatic carbocycles. The Morgan fingerprint density at radius 2 is 2.33 bits per heavy atom. The molecule has 2 rings (SSSR count). The van der Waals surface area contributed by atoms with Crippen LogP contribution in [0.25, 0.3) is 0 Å². The van der Waals surface area contributed by atoms with Gasteiger partial charge < -0.3 is 10.6 Å². The first-order chi connectivity index (χ1) is 8.63. The summed E-state index contributed by atoms with van der Waals surface area (Å²) in [5.41, 5.74) is 7.03. The molecule has 96 valence electrons. The van der Waals surface area contributed by atoms with Crippen molar-refractivity contribution in [3.05, 3.63) is 35.9 Å². The summed E-state index contributed by atoms with van der Waals surface area (Å²) in [5, 5.41) is 0.530. The van der Waals surface area contributed by atoms with E-state index in [0.29, 0.717) is 10.7 Å². The number of benzene rings is 1. The molecule has 2 N–H and O–H groups in total. The van der Waals surface area contributed by atoms with E-state index < -0.39 is 0 Å². The molecule has 4 heteroatoms. The van der Waals surface area contributed by atoms with Crippen molar-refractivity contribution in [1.29, 1.82) is 0 Å². The smallest absolute Gasteiger partial charge is 0.230 e. The number of nitrogens with zero attached hydrogens (tertiary/aromatic N) is 1. The maximum absolute atomic E-state index is 12.3. The standard InChI is InChI=1S/C14H17ClN2O/c1-2-4-10-5-3-8-17(14(10)18)13-7-6-11(16)9-12(13)15/h2,6-7,9-10H,1,3-5,8,16H2/t10-/m1/s1. The lowest BCUT2D eigenvalue weighted by Crippen LogP contribution is -2.41. The van der Waals surface area contributed by atoms with Gasteiger partial charge in [-0.1, -0.05) is 17.7 Å². The molecule has 18 heavy (non-hydrogen) atoms. The fourth-order valence-corrected chi connectivity index (χ4v) is 2.64. The topological polar surface area (TPSA) is 46.3 Å². The summed E-state index contributed by atoms with van der Waals surface area (Å²) >= 11 is 6.16. The van der Waals surface area contributed by atoms with Crippen molar-refractivity contribution in [3.63, 3.8) is 0 Å². The second-order valence-corrected chi connectivity index (χ2v) is 4.97. The number of hydrogen-bond acceptors (Lipinski definition) is 2. The first-order valence-corrected chi connectivity index (χ1v) is 6.48. The van der Waals surface area contributed by atoms with Crippen LogP contribution < -0.4 is 10.6 Å². The Hall–Kier alpha value is -1.48. The molecular weight excluding hydrogens is 248 g/mol. The van der Waals surface area contributed by atoms with Gasteiger partial charge in [0, 0.05) is 18.2 Å². The molecule has 0 saturated carbocycles. The number of carbonyl (C=O) groups is 1. The van der Waals surface area contributed by atoms with Crippen molar-refractivity contribution in [1.82, 2.24) is 0 Å². The number of allylic oxidation sites excluding steroid dienone is 1. The number of nitrogen functional groups attached to an aromatic ring is 1. The molecule has 0 unspecified atom stereocenters. The lowest BCUT2D eigenvalue weighted by Gasteiger charge is -2.32. The van der Waals surface area contributed by atoms with E-state index >= 15 is 0 Å². The van der Waals surface area contributed by atoms with E-state index in [0.717, 1.165) is 31.5 Å². The van der Waals surface area contributed by atoms with E-state index in [2.05, 4.69) is 6.58 Å². The van der Waals surface area contributed by atoms with Crippen LogP contribution in [0.4, 0.5) is 11.4 Å². The van der Waals surface area contributed by atoms with Crippen LogP contribution in [0.5, 0.6) is 0 Å². The van der Waals surface area contributed by atoms with E-state index in [1.54, 1.807) is 23.1 Å². The number of amides is 1. The molecule has 1 aliphatic heterocycles. The van der Waals surface area contributed by atoms with Crippen molar-refractivity contribution in [2.45, 2.75) is 19.3 Å². The second-order valence-electron chi connectivity index (χ2n) is 4.56. The number of hydrogen-bond donors (Lipinski definition) is 1. The van der Waals surface area contributed by atoms with Gasteiger partial charge in [0.1, 0.15) is 0 Å². The quantitative estimate of drug-likeness (QED) is 0.673. The highest BCUT2D eigenvalue weighted by Gasteiger charge is 2.29. The van der Waals surface area contributed by atoms with Gasteiger partial charge in [-0.15, -0.1) is 6.58 Å². The molecule has 1 heterocycles. The second kappa shape index (κ2) is 5.44. The highest BCUT2D eigenvalue weighted by atomic mass is 35.5. The summed E-state index contributed by atoms with van der Waals surface area (Å²) in [6, 6.07) is 5.26. The van der Waals surface area contributed by atoms with Crippen molar-refractivity contribution < 1.29 is 4.79 Å². The van der Waals surface area contributed by atoms with Crippen LogP contribution >= 0.6 is 11.6 Å². The zero-order valence-electron chi connectivity index (χ0n) is 10.2. The van der Waals surface area contributed by atoms with Crippen LogP contribution in [0.2, 0.25) is 5.02 Å². The number of halogens is 1. The van der Waals surface area contributed by atoms with E-state index in [1.807, 2.05) is 6.07 Å². The minimum Gasteiger partial charge on any atom is -0.399 e. The lowest BCUT2D eigenvalue weighted by molar-refractivity contribution is -0.123. The average Bonchev–Trinajstić information content (AvgIpc) is 2.33. The van der Waals surface area contributed by atoms with E-state index in [-0.39, 0.29) is 11.8 Å². The highest BCUT2D eigenvalue weighted by molar-refractivity contribution is 6.34. The number of nitrogens with two attached hydrogens (primary N) is 1. The van der Waals surface area contributed by atoms with Gasteiger partial charge in [0.15, 0.2) is 0 Å². The number of piperidine rings is 1. The minimum atomic E-state index is 0.0323. The normalized spacial score (nSPS) is 19.9. The predicted octanol–water partition coefficient (Wildman–Crippen LogP) is 3.24. The maximum Gasteiger partial charge on any atom is 0.230 e. The SMILES string of the molecule is C=CC[C@@H]1CCCN(c2ccc(N)cc2Cl)C1=O. The summed E-state index contributed by atoms with van der Waals surface area (Å²) < 4.78 is 0. The summed E-state index contributed by atoms with van der Waals surface area (Å²) in [4.78, 5) is 14.1. The third-order valence-electron chi connectivity index (χ3n) is 3.26. The van der Waals surface area contributed by atoms with Gasteiger partial charge in [-0.3, -0.25) is 4.79 Å². The summed E-state index contributed by atoms with van der Waals surface area (Å²) in [7, 11) is 0. The Morgan fingerprint density at radius 1 is 1.56 bits per heavy atom. The van der Waals surface area contributed by atoms with Gasteiger partial charge in [-0.05, 0) is 37.5 Å². The first kappa shape index (κ1) is 13.0. The molecule has 1 amide bonds. The van der Waals surface area contributed by atoms with Gasteiger partial charge in [-0.25, -0.2) is 0 Å². The Morgan fingerprint density at radius 3 is 3.00 bits per heavy atom. The summed E-state index contributed by atoms with van der Waals surface area (Å²) in [6.45, 7) is 4.42. The van der Waals surface area contributed by atoms with E-state index in [1.165, 1.54) is 0 Å². The fraction of sp³-hybridized carbons (Fsp3) is 0.357. The number of rotatable bonds is 3. The largest absolute Gasteiger partial charge is 0.399 e. The monoisotopic (exact) mass is 264 g/mol. The molecule has 1 fully saturated rings. The van der Waals surface area contributed by atoms with Crippen molar-refractivity contribution >= 4 is 28.9 Å². The van der Waals surface area contributed by atoms with Gasteiger partial charge in [-0.2, -0.15) is 0 Å². The van der Waals surface area contributed by atoms with Crippen LogP contribution in [-0.4, -0.2) is 12.5 Å². The molecule has 1 aromatic carbocycles. The third-order valence-corrected chi connectivity index (χ3v) is 3.57. The van der Waals surface area contributed by atoms with Crippen molar-refractivity contribution in [3.8, 4) is 0 Å². The molecule has 1 atom stereocenters. The zero-order valence-corrected chi connectivity index (χ0v) is 11.0. The van der Waals surface area contributed by atoms with Crippen LogP contribution in [0.1, 0.15) is 19.3 Å². The predicted molar refractivity (Wildman–Crippen MR) is 75.8 cm³/mol. The van der Waals surface area contributed by atoms with Crippen LogP contribution in [0.3, 0.4) is 0 Å². The average molecular weight is 265 g/mol. The first-order valence-electron chi connectivity index (χ1n) is 6.10. The maximum atomic E-state index is 12.3. The Bertz CT molecular complexity index is 473. The summed E-state index contributed by atoms with van der Waals surface area (Å²) in [6.07, 6.45) is 4.44. The molecule has 0 aromatic heterocycles. The minimum absolute atomic E-state index is 0.0323. The van der Waals surface area contributed by atoms with E-state index in [4.69, 9.17) is 17.3 Å². The molecule has 0 bridgehead atoms. The van der Waals surface area contributed by atoms with Crippen molar-refractivity contribution in [2.75, 3.05) is 17.2 Å². The molecular formula is C14H17ClN2O. The Labute approximate surface area is 112 Å². The number of carbonyl (C=O) groups excluding carboxylic acids is 1. The van der Waals surface area contributed by atoms with Gasteiger partial charge in [0.2, 0.25) is 5.91 Å². The molecule has 1 aliphatic rings. The third kappa shape index (κ3) is 2.51. The van der Waals surface area contributed by atoms with Gasteiger partial charge >= 0.3 is 0 Å². The van der Waals surface area contributed by atoms with Crippen LogP contribution in [0.15, 0.2) is 30.9 Å². The highest BCUT2D eigenvalue weighted by Crippen LogP contribution is 2.32. The molecule has 3 nitrogen and oxygen atoms in total. The van der Waals surface area contributed by atoms with E-state index in [9.17, 15) is 4.79 Å².